The van der Waals surface area contributed by atoms with E-state index in [1.165, 1.54) is 6.92 Å². The highest BCUT2D eigenvalue weighted by atomic mass is 16.5. The number of aldehydes is 1. The van der Waals surface area contributed by atoms with Crippen molar-refractivity contribution in [2.75, 3.05) is 19.0 Å². The maximum atomic E-state index is 14.0. The monoisotopic (exact) mass is 488 g/mol. The van der Waals surface area contributed by atoms with Crippen LogP contribution in [0.3, 0.4) is 0 Å². The molecule has 8 nitrogen and oxygen atoms in total. The van der Waals surface area contributed by atoms with Gasteiger partial charge in [-0.05, 0) is 29.5 Å². The van der Waals surface area contributed by atoms with E-state index in [9.17, 15) is 19.2 Å². The van der Waals surface area contributed by atoms with Crippen LogP contribution in [-0.4, -0.2) is 54.8 Å². The number of carbonyl (C=O) groups excluding carboxylic acids is 4. The number of nitrogens with one attached hydrogen (secondary N) is 1. The molecule has 2 aliphatic heterocycles. The molecule has 7 atom stereocenters. The summed E-state index contributed by atoms with van der Waals surface area (Å²) in [7, 11) is 1.70. The number of carbonyl (C=O) groups is 4. The van der Waals surface area contributed by atoms with Crippen LogP contribution in [0.25, 0.3) is 0 Å². The highest BCUT2D eigenvalue weighted by Crippen LogP contribution is 2.71. The first-order chi connectivity index (χ1) is 17.4. The number of esters is 1. The molecule has 3 fully saturated rings. The van der Waals surface area contributed by atoms with Crippen LogP contribution >= 0.6 is 0 Å². The molecule has 2 heterocycles. The fourth-order valence-corrected chi connectivity index (χ4v) is 7.85. The minimum atomic E-state index is -1.31. The van der Waals surface area contributed by atoms with Crippen LogP contribution in [0.2, 0.25) is 0 Å². The molecule has 2 saturated carbocycles. The van der Waals surface area contributed by atoms with Gasteiger partial charge in [-0.15, -0.1) is 0 Å². The molecule has 186 valence electrons. The van der Waals surface area contributed by atoms with Crippen molar-refractivity contribution >= 4 is 29.8 Å². The van der Waals surface area contributed by atoms with Crippen molar-refractivity contribution in [1.29, 1.82) is 0 Å². The molecule has 0 radical (unpaired) electrons. The van der Waals surface area contributed by atoms with Crippen LogP contribution in [0.4, 0.5) is 5.69 Å². The topological polar surface area (TPSA) is 102 Å². The number of benzene rings is 2. The van der Waals surface area contributed by atoms with Gasteiger partial charge in [-0.1, -0.05) is 48.5 Å². The number of hydrogen-bond acceptors (Lipinski definition) is 6. The number of piperidine rings is 1. The lowest BCUT2D eigenvalue weighted by Gasteiger charge is -2.51. The smallest absolute Gasteiger partial charge is 0.302 e. The van der Waals surface area contributed by atoms with Gasteiger partial charge in [-0.25, -0.2) is 0 Å². The average Bonchev–Trinajstić information content (AvgIpc) is 3.35. The van der Waals surface area contributed by atoms with Crippen LogP contribution in [0.1, 0.15) is 24.5 Å². The number of fused-ring (bicyclic) bond motifs is 2. The number of hydrogen-bond donors (Lipinski definition) is 1. The van der Waals surface area contributed by atoms with E-state index in [0.717, 1.165) is 11.8 Å². The van der Waals surface area contributed by atoms with E-state index in [2.05, 4.69) is 5.32 Å². The normalized spacial score (nSPS) is 35.6. The summed E-state index contributed by atoms with van der Waals surface area (Å²) in [5.74, 6) is -2.41. The first kappa shape index (κ1) is 22.9. The molecule has 1 saturated heterocycles. The van der Waals surface area contributed by atoms with Crippen LogP contribution in [0.5, 0.6) is 0 Å². The fraction of sp³-hybridized carbons (Fsp3) is 0.429. The van der Waals surface area contributed by atoms with E-state index in [4.69, 9.17) is 9.47 Å². The van der Waals surface area contributed by atoms with Crippen molar-refractivity contribution < 1.29 is 28.7 Å². The van der Waals surface area contributed by atoms with Crippen LogP contribution in [0.15, 0.2) is 54.6 Å². The zero-order valence-corrected chi connectivity index (χ0v) is 20.2. The van der Waals surface area contributed by atoms with E-state index in [1.807, 2.05) is 54.6 Å². The predicted octanol–water partition coefficient (Wildman–Crippen LogP) is 2.32. The SMILES string of the molecule is CC(=O)O[C@H]1C[C@H]2[C@H](C=O)[C@H]3[C@H]([C@@]2(COCc2ccccc2)C(=O)N3C)[C@]12C(=O)Nc1ccccc12. The second kappa shape index (κ2) is 8.00. The average molecular weight is 489 g/mol. The van der Waals surface area contributed by atoms with E-state index < -0.39 is 46.7 Å². The number of likely N-dealkylation sites (tertiary alicyclic amines) is 1. The lowest BCUT2D eigenvalue weighted by atomic mass is 9.51. The van der Waals surface area contributed by atoms with Gasteiger partial charge in [0.05, 0.1) is 18.6 Å². The van der Waals surface area contributed by atoms with Crippen molar-refractivity contribution in [2.24, 2.45) is 23.2 Å². The Balaban J connectivity index is 1.52. The third-order valence-electron chi connectivity index (χ3n) is 8.96. The fourth-order valence-electron chi connectivity index (χ4n) is 7.85. The minimum Gasteiger partial charge on any atom is -0.461 e. The lowest BCUT2D eigenvalue weighted by Crippen LogP contribution is -2.63. The molecule has 2 aromatic rings. The van der Waals surface area contributed by atoms with Gasteiger partial charge in [-0.2, -0.15) is 0 Å². The van der Waals surface area contributed by atoms with Crippen LogP contribution in [-0.2, 0) is 40.7 Å². The molecule has 4 aliphatic rings. The van der Waals surface area contributed by atoms with Gasteiger partial charge in [0.15, 0.2) is 0 Å². The molecule has 0 unspecified atom stereocenters. The summed E-state index contributed by atoms with van der Waals surface area (Å²) in [6, 6.07) is 16.5. The number of rotatable bonds is 6. The molecule has 6 rings (SSSR count). The van der Waals surface area contributed by atoms with Crippen LogP contribution in [0, 0.1) is 23.2 Å². The van der Waals surface area contributed by atoms with Gasteiger partial charge in [-0.3, -0.25) is 14.4 Å². The first-order valence-corrected chi connectivity index (χ1v) is 12.3. The van der Waals surface area contributed by atoms with E-state index in [-0.39, 0.29) is 24.8 Å². The minimum absolute atomic E-state index is 0.0746. The largest absolute Gasteiger partial charge is 0.461 e. The van der Waals surface area contributed by atoms with E-state index in [0.29, 0.717) is 17.9 Å². The Bertz CT molecular complexity index is 1260. The number of amides is 2. The Hall–Kier alpha value is -3.52. The molecular weight excluding hydrogens is 460 g/mol. The molecule has 1 spiro atoms. The standard InChI is InChI=1S/C28H28N2O6/c1-16(32)36-22-12-20-18(13-31)23-24(28(22)19-10-6-7-11-21(19)29-25(28)33)27(20,26(34)30(23)2)15-35-14-17-8-4-3-5-9-17/h3-11,13,18,20,22-24H,12,14-15H2,1-2H3,(H,29,33)/t18-,20-,22-,23-,24+,27-,28+/m0/s1. The Morgan fingerprint density at radius 1 is 1.14 bits per heavy atom. The Morgan fingerprint density at radius 3 is 2.58 bits per heavy atom. The van der Waals surface area contributed by atoms with E-state index in [1.54, 1.807) is 11.9 Å². The Labute approximate surface area is 208 Å². The highest BCUT2D eigenvalue weighted by Gasteiger charge is 2.83. The molecule has 2 aromatic carbocycles. The summed E-state index contributed by atoms with van der Waals surface area (Å²) in [5, 5.41) is 2.99. The van der Waals surface area contributed by atoms with Crippen molar-refractivity contribution in [3.8, 4) is 0 Å². The zero-order valence-electron chi connectivity index (χ0n) is 20.2. The molecule has 0 aromatic heterocycles. The summed E-state index contributed by atoms with van der Waals surface area (Å²) in [5.41, 5.74) is -0.0850. The number of nitrogens with zero attached hydrogens (tertiary/aromatic N) is 1. The van der Waals surface area contributed by atoms with Crippen molar-refractivity contribution in [2.45, 2.75) is 37.5 Å². The van der Waals surface area contributed by atoms with Gasteiger partial charge in [0.1, 0.15) is 17.8 Å². The third-order valence-corrected chi connectivity index (χ3v) is 8.96. The summed E-state index contributed by atoms with van der Waals surface area (Å²) in [6.07, 6.45) is 0.335. The molecule has 4 bridgehead atoms. The zero-order chi connectivity index (χ0) is 25.2. The van der Waals surface area contributed by atoms with Gasteiger partial charge >= 0.3 is 5.97 Å². The number of para-hydroxylation sites is 1. The first-order valence-electron chi connectivity index (χ1n) is 12.3. The highest BCUT2D eigenvalue weighted by molar-refractivity contribution is 6.09. The molecule has 36 heavy (non-hydrogen) atoms. The Kier molecular flexibility index (Phi) is 5.09. The summed E-state index contributed by atoms with van der Waals surface area (Å²) in [6.45, 7) is 1.70. The molecular formula is C28H28N2O6. The second-order valence-electron chi connectivity index (χ2n) is 10.4. The molecule has 2 aliphatic carbocycles. The molecule has 1 N–H and O–H groups in total. The van der Waals surface area contributed by atoms with Crippen molar-refractivity contribution in [3.63, 3.8) is 0 Å². The molecule has 8 heteroatoms. The second-order valence-corrected chi connectivity index (χ2v) is 10.4. The number of ether oxygens (including phenoxy) is 2. The summed E-state index contributed by atoms with van der Waals surface area (Å²) >= 11 is 0. The molecule has 2 amide bonds. The predicted molar refractivity (Wildman–Crippen MR) is 129 cm³/mol. The van der Waals surface area contributed by atoms with Crippen LogP contribution < -0.4 is 5.32 Å². The maximum absolute atomic E-state index is 14.0. The van der Waals surface area contributed by atoms with Gasteiger partial charge in [0.2, 0.25) is 11.8 Å². The number of anilines is 1. The lowest BCUT2D eigenvalue weighted by molar-refractivity contribution is -0.173. The van der Waals surface area contributed by atoms with Crippen molar-refractivity contribution in [1.82, 2.24) is 4.90 Å². The Morgan fingerprint density at radius 2 is 1.86 bits per heavy atom. The van der Waals surface area contributed by atoms with Crippen molar-refractivity contribution in [3.05, 3.63) is 65.7 Å². The van der Waals surface area contributed by atoms with Gasteiger partial charge in [0, 0.05) is 37.5 Å². The maximum Gasteiger partial charge on any atom is 0.302 e. The summed E-state index contributed by atoms with van der Waals surface area (Å²) in [4.78, 5) is 54.3. The van der Waals surface area contributed by atoms with E-state index >= 15 is 0 Å². The third kappa shape index (κ3) is 2.73. The van der Waals surface area contributed by atoms with Gasteiger partial charge < -0.3 is 24.5 Å². The quantitative estimate of drug-likeness (QED) is 0.495. The summed E-state index contributed by atoms with van der Waals surface area (Å²) < 4.78 is 12.1. The van der Waals surface area contributed by atoms with Gasteiger partial charge in [0.25, 0.3) is 0 Å².